The second-order valence-electron chi connectivity index (χ2n) is 7.01. The van der Waals surface area contributed by atoms with E-state index in [0.717, 1.165) is 16.6 Å². The van der Waals surface area contributed by atoms with E-state index in [1.54, 1.807) is 24.3 Å². The van der Waals surface area contributed by atoms with Crippen LogP contribution >= 0.6 is 15.9 Å². The molecule has 0 aromatic heterocycles. The number of urea groups is 1. The highest BCUT2D eigenvalue weighted by Gasteiger charge is 2.37. The first-order chi connectivity index (χ1) is 14.0. The minimum atomic E-state index is -4.79. The summed E-state index contributed by atoms with van der Waals surface area (Å²) < 4.78 is 54.2. The van der Waals surface area contributed by atoms with Crippen LogP contribution in [0.15, 0.2) is 46.9 Å². The van der Waals surface area contributed by atoms with Gasteiger partial charge < -0.3 is 10.0 Å². The number of nitrogens with zero attached hydrogens (tertiary/aromatic N) is 2. The van der Waals surface area contributed by atoms with Crippen molar-refractivity contribution in [1.82, 2.24) is 4.90 Å². The number of hydrogen-bond acceptors (Lipinski definition) is 2. The quantitative estimate of drug-likeness (QED) is 0.592. The van der Waals surface area contributed by atoms with Crippen LogP contribution in [0.4, 0.5) is 28.0 Å². The fourth-order valence-electron chi connectivity index (χ4n) is 3.46. The van der Waals surface area contributed by atoms with Crippen LogP contribution < -0.4 is 4.90 Å². The van der Waals surface area contributed by atoms with Gasteiger partial charge in [0.05, 0.1) is 12.0 Å². The summed E-state index contributed by atoms with van der Waals surface area (Å²) in [5.74, 6) is -2.59. The molecule has 1 unspecified atom stereocenters. The third kappa shape index (κ3) is 5.10. The van der Waals surface area contributed by atoms with Gasteiger partial charge in [0.2, 0.25) is 0 Å². The number of alkyl halides is 3. The summed E-state index contributed by atoms with van der Waals surface area (Å²) in [6.45, 7) is -0.317. The molecular formula is C20H17BrF4N2O3. The van der Waals surface area contributed by atoms with Gasteiger partial charge in [0, 0.05) is 35.7 Å². The highest BCUT2D eigenvalue weighted by molar-refractivity contribution is 9.10. The molecule has 160 valence electrons. The SMILES string of the molecule is O=C(O)CC1CN(Cc2ccc(F)cc2C(F)(F)F)C(=O)N(c2ccc(Br)cc2)C1. The van der Waals surface area contributed by atoms with Gasteiger partial charge in [-0.15, -0.1) is 0 Å². The predicted octanol–water partition coefficient (Wildman–Crippen LogP) is 5.14. The zero-order valence-corrected chi connectivity index (χ0v) is 17.1. The lowest BCUT2D eigenvalue weighted by molar-refractivity contribution is -0.139. The first-order valence-corrected chi connectivity index (χ1v) is 9.73. The van der Waals surface area contributed by atoms with Crippen LogP contribution in [-0.2, 0) is 17.5 Å². The summed E-state index contributed by atoms with van der Waals surface area (Å²) in [4.78, 5) is 26.7. The predicted molar refractivity (Wildman–Crippen MR) is 104 cm³/mol. The summed E-state index contributed by atoms with van der Waals surface area (Å²) in [5.41, 5.74) is -0.923. The van der Waals surface area contributed by atoms with Gasteiger partial charge in [0.25, 0.3) is 0 Å². The minimum Gasteiger partial charge on any atom is -0.481 e. The fraction of sp³-hybridized carbons (Fsp3) is 0.300. The Morgan fingerprint density at radius 1 is 1.13 bits per heavy atom. The van der Waals surface area contributed by atoms with Crippen molar-refractivity contribution in [2.24, 2.45) is 5.92 Å². The third-order valence-electron chi connectivity index (χ3n) is 4.76. The van der Waals surface area contributed by atoms with Crippen LogP contribution in [0.3, 0.4) is 0 Å². The van der Waals surface area contributed by atoms with E-state index in [1.807, 2.05) is 0 Å². The molecule has 2 amide bonds. The maximum atomic E-state index is 13.4. The molecule has 0 radical (unpaired) electrons. The van der Waals surface area contributed by atoms with Gasteiger partial charge in [-0.3, -0.25) is 9.69 Å². The van der Waals surface area contributed by atoms with Gasteiger partial charge in [-0.05, 0) is 42.0 Å². The second kappa shape index (κ2) is 8.63. The van der Waals surface area contributed by atoms with Crippen molar-refractivity contribution < 1.29 is 32.3 Å². The number of carbonyl (C=O) groups is 2. The van der Waals surface area contributed by atoms with Crippen molar-refractivity contribution in [3.63, 3.8) is 0 Å². The van der Waals surface area contributed by atoms with Crippen molar-refractivity contribution >= 4 is 33.6 Å². The molecule has 30 heavy (non-hydrogen) atoms. The number of amides is 2. The van der Waals surface area contributed by atoms with Crippen molar-refractivity contribution in [2.75, 3.05) is 18.0 Å². The van der Waals surface area contributed by atoms with E-state index in [0.29, 0.717) is 11.8 Å². The molecule has 1 heterocycles. The number of carbonyl (C=O) groups excluding carboxylic acids is 1. The minimum absolute atomic E-state index is 0.0210. The molecule has 1 N–H and O–H groups in total. The van der Waals surface area contributed by atoms with Crippen molar-refractivity contribution in [2.45, 2.75) is 19.1 Å². The van der Waals surface area contributed by atoms with Gasteiger partial charge in [-0.1, -0.05) is 22.0 Å². The summed E-state index contributed by atoms with van der Waals surface area (Å²) >= 11 is 3.29. The number of rotatable bonds is 5. The lowest BCUT2D eigenvalue weighted by Gasteiger charge is -2.40. The molecule has 0 spiro atoms. The topological polar surface area (TPSA) is 60.9 Å². The lowest BCUT2D eigenvalue weighted by Crippen LogP contribution is -2.53. The Morgan fingerprint density at radius 3 is 2.40 bits per heavy atom. The lowest BCUT2D eigenvalue weighted by atomic mass is 9.99. The molecule has 2 aromatic carbocycles. The van der Waals surface area contributed by atoms with Crippen LogP contribution in [0.1, 0.15) is 17.5 Å². The van der Waals surface area contributed by atoms with Crippen molar-refractivity contribution in [3.8, 4) is 0 Å². The molecule has 0 saturated carbocycles. The first kappa shape index (κ1) is 22.1. The Kier molecular flexibility index (Phi) is 6.35. The summed E-state index contributed by atoms with van der Waals surface area (Å²) in [7, 11) is 0. The van der Waals surface area contributed by atoms with Gasteiger partial charge in [-0.25, -0.2) is 9.18 Å². The van der Waals surface area contributed by atoms with Gasteiger partial charge in [-0.2, -0.15) is 13.2 Å². The van der Waals surface area contributed by atoms with Crippen LogP contribution in [0.5, 0.6) is 0 Å². The summed E-state index contributed by atoms with van der Waals surface area (Å²) in [5, 5.41) is 9.16. The number of benzene rings is 2. The van der Waals surface area contributed by atoms with Gasteiger partial charge in [0.15, 0.2) is 0 Å². The maximum absolute atomic E-state index is 13.4. The maximum Gasteiger partial charge on any atom is 0.416 e. The number of anilines is 1. The van der Waals surface area contributed by atoms with Gasteiger partial charge in [0.1, 0.15) is 5.82 Å². The molecular weight excluding hydrogens is 472 g/mol. The molecule has 1 fully saturated rings. The Hall–Kier alpha value is -2.62. The van der Waals surface area contributed by atoms with Crippen molar-refractivity contribution in [3.05, 3.63) is 63.9 Å². The van der Waals surface area contributed by atoms with E-state index in [-0.39, 0.29) is 25.1 Å². The molecule has 1 aliphatic rings. The van der Waals surface area contributed by atoms with Crippen molar-refractivity contribution in [1.29, 1.82) is 0 Å². The Bertz CT molecular complexity index is 950. The molecule has 3 rings (SSSR count). The zero-order chi connectivity index (χ0) is 22.1. The number of carboxylic acids is 1. The highest BCUT2D eigenvalue weighted by Crippen LogP contribution is 2.34. The first-order valence-electron chi connectivity index (χ1n) is 8.94. The molecule has 10 heteroatoms. The van der Waals surface area contributed by atoms with Crippen LogP contribution in [-0.4, -0.2) is 35.1 Å². The van der Waals surface area contributed by atoms with Crippen LogP contribution in [0.25, 0.3) is 0 Å². The van der Waals surface area contributed by atoms with Crippen LogP contribution in [0, 0.1) is 11.7 Å². The normalized spacial score (nSPS) is 17.4. The molecule has 1 aliphatic heterocycles. The largest absolute Gasteiger partial charge is 0.481 e. The Morgan fingerprint density at radius 2 is 1.80 bits per heavy atom. The molecule has 2 aromatic rings. The monoisotopic (exact) mass is 488 g/mol. The van der Waals surface area contributed by atoms with Crippen LogP contribution in [0.2, 0.25) is 0 Å². The average Bonchev–Trinajstić information content (AvgIpc) is 2.65. The molecule has 1 atom stereocenters. The Balaban J connectivity index is 1.93. The summed E-state index contributed by atoms with van der Waals surface area (Å²) in [6.07, 6.45) is -5.03. The van der Waals surface area contributed by atoms with E-state index >= 15 is 0 Å². The molecule has 0 bridgehead atoms. The second-order valence-corrected chi connectivity index (χ2v) is 7.93. The number of halogens is 5. The highest BCUT2D eigenvalue weighted by atomic mass is 79.9. The third-order valence-corrected chi connectivity index (χ3v) is 5.29. The van der Waals surface area contributed by atoms with E-state index in [2.05, 4.69) is 15.9 Å². The number of aliphatic carboxylic acids is 1. The Labute approximate surface area is 178 Å². The van der Waals surface area contributed by atoms with E-state index < -0.39 is 42.0 Å². The zero-order valence-electron chi connectivity index (χ0n) is 15.5. The fourth-order valence-corrected chi connectivity index (χ4v) is 3.72. The standard InChI is InChI=1S/C20H17BrF4N2O3/c21-14-2-5-16(6-3-14)27-10-12(7-18(28)29)9-26(19(27)30)11-13-1-4-15(22)8-17(13)20(23,24)25/h1-6,8,12H,7,9-11H2,(H,28,29). The smallest absolute Gasteiger partial charge is 0.416 e. The van der Waals surface area contributed by atoms with E-state index in [9.17, 15) is 27.2 Å². The average molecular weight is 489 g/mol. The summed E-state index contributed by atoms with van der Waals surface area (Å²) in [6, 6.07) is 8.47. The van der Waals surface area contributed by atoms with Gasteiger partial charge >= 0.3 is 18.2 Å². The van der Waals surface area contributed by atoms with E-state index in [1.165, 1.54) is 9.80 Å². The molecule has 1 saturated heterocycles. The number of carboxylic acid groups (broad SMARTS) is 1. The molecule has 0 aliphatic carbocycles. The molecule has 5 nitrogen and oxygen atoms in total. The van der Waals surface area contributed by atoms with E-state index in [4.69, 9.17) is 5.11 Å². The number of hydrogen-bond donors (Lipinski definition) is 1.